The molecule has 0 saturated heterocycles. The van der Waals surface area contributed by atoms with E-state index in [1.54, 1.807) is 0 Å². The number of rotatable bonds is 2. The molecule has 0 aliphatic heterocycles. The Kier molecular flexibility index (Phi) is 4.15. The van der Waals surface area contributed by atoms with Crippen LogP contribution in [0.4, 0.5) is 0 Å². The molecule has 2 aromatic rings. The van der Waals surface area contributed by atoms with E-state index in [0.717, 1.165) is 0 Å². The standard InChI is InChI=1S/2C10H9.C2H4.2ClH.Zr/c2*1-8-6-7-9-4-2-3-5-10(8)9;1-2;;;/h2*2-7H,1H3;1H,2H3;2*1H;/q;;;;;+2/p-2. The summed E-state index contributed by atoms with van der Waals surface area (Å²) in [5.41, 5.74) is 7.76. The molecule has 25 heavy (non-hydrogen) atoms. The Balaban J connectivity index is 1.97. The van der Waals surface area contributed by atoms with E-state index >= 15 is 0 Å². The van der Waals surface area contributed by atoms with Crippen LogP contribution in [-0.4, -0.2) is 3.71 Å². The van der Waals surface area contributed by atoms with E-state index < -0.39 is 15.9 Å². The van der Waals surface area contributed by atoms with E-state index in [1.165, 1.54) is 33.4 Å². The van der Waals surface area contributed by atoms with E-state index in [4.69, 9.17) is 17.0 Å². The zero-order valence-corrected chi connectivity index (χ0v) is 18.7. The Labute approximate surface area is 157 Å². The van der Waals surface area contributed by atoms with Crippen LogP contribution < -0.4 is 0 Å². The van der Waals surface area contributed by atoms with Gasteiger partial charge in [-0.25, -0.2) is 0 Å². The second-order valence-corrected chi connectivity index (χ2v) is 29.0. The summed E-state index contributed by atoms with van der Waals surface area (Å²) in [5, 5.41) is 0. The van der Waals surface area contributed by atoms with Crippen molar-refractivity contribution in [3.63, 3.8) is 0 Å². The fourth-order valence-corrected chi connectivity index (χ4v) is 18.5. The molecule has 0 aromatic heterocycles. The normalized spacial score (nSPS) is 22.2. The maximum absolute atomic E-state index is 7.61. The second kappa shape index (κ2) is 5.88. The van der Waals surface area contributed by atoms with Crippen molar-refractivity contribution in [2.24, 2.45) is 0 Å². The number of benzene rings is 2. The number of halogens is 2. The predicted molar refractivity (Wildman–Crippen MR) is 109 cm³/mol. The molecular weight excluding hydrogens is 426 g/mol. The van der Waals surface area contributed by atoms with Crippen molar-refractivity contribution in [1.82, 2.24) is 0 Å². The minimum absolute atomic E-state index is 0.117. The zero-order valence-electron chi connectivity index (χ0n) is 14.8. The van der Waals surface area contributed by atoms with Crippen LogP contribution in [0.3, 0.4) is 0 Å². The molecule has 0 radical (unpaired) electrons. The van der Waals surface area contributed by atoms with Gasteiger partial charge in [-0.15, -0.1) is 0 Å². The number of hydrogen-bond acceptors (Lipinski definition) is 0. The Hall–Kier alpha value is -0.747. The van der Waals surface area contributed by atoms with Crippen molar-refractivity contribution in [1.29, 1.82) is 0 Å². The Morgan fingerprint density at radius 1 is 0.760 bits per heavy atom. The predicted octanol–water partition coefficient (Wildman–Crippen LogP) is 7.12. The van der Waals surface area contributed by atoms with Crippen LogP contribution in [0.25, 0.3) is 11.1 Å². The summed E-state index contributed by atoms with van der Waals surface area (Å²) < 4.78 is 2.43. The van der Waals surface area contributed by atoms with Crippen LogP contribution in [-0.2, 0) is 15.9 Å². The quantitative estimate of drug-likeness (QED) is 0.459. The van der Waals surface area contributed by atoms with Crippen molar-refractivity contribution >= 4 is 31.9 Å². The molecule has 0 amide bonds. The minimum atomic E-state index is -4.38. The Morgan fingerprint density at radius 2 is 1.16 bits per heavy atom. The molecule has 4 rings (SSSR count). The summed E-state index contributed by atoms with van der Waals surface area (Å²) in [4.78, 5) is 0. The van der Waals surface area contributed by atoms with E-state index in [0.29, 0.717) is 0 Å². The molecule has 0 fully saturated rings. The summed E-state index contributed by atoms with van der Waals surface area (Å²) in [6.07, 6.45) is 4.64. The van der Waals surface area contributed by atoms with Gasteiger partial charge in [-0.3, -0.25) is 0 Å². The van der Waals surface area contributed by atoms with Crippen LogP contribution in [0.2, 0.25) is 0 Å². The van der Waals surface area contributed by atoms with Gasteiger partial charge in [0, 0.05) is 0 Å². The number of allylic oxidation sites excluding steroid dienone is 4. The van der Waals surface area contributed by atoms with Gasteiger partial charge in [-0.1, -0.05) is 0 Å². The van der Waals surface area contributed by atoms with Gasteiger partial charge in [0.15, 0.2) is 0 Å². The molecule has 0 saturated carbocycles. The number of fused-ring (bicyclic) bond motifs is 2. The van der Waals surface area contributed by atoms with Crippen LogP contribution >= 0.6 is 17.0 Å². The van der Waals surface area contributed by atoms with Crippen molar-refractivity contribution in [2.75, 3.05) is 0 Å². The van der Waals surface area contributed by atoms with Gasteiger partial charge in [-0.2, -0.15) is 0 Å². The summed E-state index contributed by atoms with van der Waals surface area (Å²) in [6, 6.07) is 17.2. The molecule has 0 spiro atoms. The van der Waals surface area contributed by atoms with Crippen molar-refractivity contribution in [3.8, 4) is 0 Å². The molecule has 2 aromatic carbocycles. The summed E-state index contributed by atoms with van der Waals surface area (Å²) in [6.45, 7) is 6.41. The van der Waals surface area contributed by atoms with Gasteiger partial charge in [0.25, 0.3) is 0 Å². The molecule has 2 atom stereocenters. The SMILES string of the molecule is C[CH]=[Zr]([Cl])([Cl])([CH]1C=C(C)c2ccccc21)[CH]1C=C(C)c2ccccc21. The van der Waals surface area contributed by atoms with Gasteiger partial charge in [0.05, 0.1) is 0 Å². The monoisotopic (exact) mass is 446 g/mol. The first kappa shape index (κ1) is 17.7. The van der Waals surface area contributed by atoms with E-state index in [2.05, 4.69) is 85.2 Å². The molecule has 0 bridgehead atoms. The first-order chi connectivity index (χ1) is 11.9. The first-order valence-electron chi connectivity index (χ1n) is 8.80. The molecule has 0 nitrogen and oxygen atoms in total. The topological polar surface area (TPSA) is 0 Å². The molecule has 2 unspecified atom stereocenters. The van der Waals surface area contributed by atoms with E-state index in [9.17, 15) is 0 Å². The molecule has 128 valence electrons. The van der Waals surface area contributed by atoms with Gasteiger partial charge in [0.1, 0.15) is 0 Å². The van der Waals surface area contributed by atoms with Gasteiger partial charge in [-0.05, 0) is 0 Å². The third-order valence-electron chi connectivity index (χ3n) is 6.01. The first-order valence-corrected chi connectivity index (χ1v) is 19.4. The molecule has 2 aliphatic carbocycles. The van der Waals surface area contributed by atoms with Gasteiger partial charge >= 0.3 is 159 Å². The number of hydrogen-bond donors (Lipinski definition) is 0. The molecule has 2 aliphatic rings. The summed E-state index contributed by atoms with van der Waals surface area (Å²) >= 11 is -4.38. The fraction of sp³-hybridized carbons (Fsp3) is 0.227. The summed E-state index contributed by atoms with van der Waals surface area (Å²) in [5.74, 6) is 0. The van der Waals surface area contributed by atoms with Gasteiger partial charge < -0.3 is 0 Å². The Bertz CT molecular complexity index is 931. The molecule has 3 heteroatoms. The molecular formula is C22H22Cl2Zr. The van der Waals surface area contributed by atoms with Crippen LogP contribution in [0.15, 0.2) is 60.7 Å². The molecule has 0 N–H and O–H groups in total. The van der Waals surface area contributed by atoms with Crippen LogP contribution in [0, 0.1) is 0 Å². The zero-order chi connectivity index (χ0) is 17.8. The van der Waals surface area contributed by atoms with E-state index in [-0.39, 0.29) is 7.25 Å². The molecule has 0 heterocycles. The summed E-state index contributed by atoms with van der Waals surface area (Å²) in [7, 11) is 15.2. The Morgan fingerprint density at radius 3 is 1.56 bits per heavy atom. The average Bonchev–Trinajstić information content (AvgIpc) is 3.15. The van der Waals surface area contributed by atoms with E-state index in [1.807, 2.05) is 0 Å². The van der Waals surface area contributed by atoms with Crippen molar-refractivity contribution < 1.29 is 15.9 Å². The second-order valence-electron chi connectivity index (χ2n) is 7.34. The fourth-order valence-electron chi connectivity index (χ4n) is 4.58. The van der Waals surface area contributed by atoms with Crippen LogP contribution in [0.5, 0.6) is 0 Å². The third-order valence-corrected chi connectivity index (χ3v) is 25.1. The van der Waals surface area contributed by atoms with Crippen molar-refractivity contribution in [2.45, 2.75) is 28.0 Å². The maximum atomic E-state index is 7.61. The van der Waals surface area contributed by atoms with Crippen LogP contribution in [0.1, 0.15) is 50.3 Å². The van der Waals surface area contributed by atoms with Gasteiger partial charge in [0.2, 0.25) is 0 Å². The third kappa shape index (κ3) is 2.47. The average molecular weight is 449 g/mol. The van der Waals surface area contributed by atoms with Crippen molar-refractivity contribution in [3.05, 3.63) is 82.9 Å².